The number of nitrogens with zero attached hydrogens (tertiary/aromatic N) is 4. The number of benzene rings is 9. The van der Waals surface area contributed by atoms with Crippen LogP contribution in [0.2, 0.25) is 0 Å². The van der Waals surface area contributed by atoms with E-state index in [9.17, 15) is 0 Å². The number of aromatic nitrogens is 4. The van der Waals surface area contributed by atoms with Gasteiger partial charge < -0.3 is 4.57 Å². The Morgan fingerprint density at radius 1 is 0.333 bits per heavy atom. The lowest BCUT2D eigenvalue weighted by atomic mass is 10.00. The van der Waals surface area contributed by atoms with Gasteiger partial charge in [0.15, 0.2) is 17.5 Å². The summed E-state index contributed by atoms with van der Waals surface area (Å²) in [6.45, 7) is 0. The fraction of sp³-hybridized carbons (Fsp3) is 0. The molecule has 12 rings (SSSR count). The minimum atomic E-state index is 0.613. The SMILES string of the molecule is c1ccc(-c2ccc(-c3nc(-c4ccccc4)nc(-c4ccc(-c5cccc6c5sc5cc7ccccc7cc56)cc4)n3)c(-n3c4ccccc4c4ccccc43)c2)cc1. The zero-order valence-corrected chi connectivity index (χ0v) is 33.1. The van der Waals surface area contributed by atoms with Crippen LogP contribution in [0.15, 0.2) is 206 Å². The number of hydrogen-bond acceptors (Lipinski definition) is 4. The van der Waals surface area contributed by atoms with E-state index in [0.29, 0.717) is 17.5 Å². The second-order valence-corrected chi connectivity index (χ2v) is 16.2. The van der Waals surface area contributed by atoms with Crippen molar-refractivity contribution in [2.24, 2.45) is 0 Å². The molecule has 0 saturated carbocycles. The molecule has 3 heterocycles. The summed E-state index contributed by atoms with van der Waals surface area (Å²) >= 11 is 1.86. The molecular weight excluding hydrogens is 749 g/mol. The van der Waals surface area contributed by atoms with Gasteiger partial charge in [-0.2, -0.15) is 0 Å². The van der Waals surface area contributed by atoms with Crippen molar-refractivity contribution in [1.82, 2.24) is 19.5 Å². The van der Waals surface area contributed by atoms with E-state index >= 15 is 0 Å². The minimum Gasteiger partial charge on any atom is -0.308 e. The maximum atomic E-state index is 5.31. The maximum Gasteiger partial charge on any atom is 0.166 e. The Morgan fingerprint density at radius 3 is 1.57 bits per heavy atom. The Morgan fingerprint density at radius 2 is 0.867 bits per heavy atom. The molecule has 0 aliphatic rings. The first kappa shape index (κ1) is 34.3. The Kier molecular flexibility index (Phi) is 8.00. The van der Waals surface area contributed by atoms with Crippen LogP contribution >= 0.6 is 11.3 Å². The Hall–Kier alpha value is -7.73. The highest BCUT2D eigenvalue weighted by Gasteiger charge is 2.21. The molecule has 12 aromatic rings. The third-order valence-corrected chi connectivity index (χ3v) is 12.9. The van der Waals surface area contributed by atoms with Crippen LogP contribution in [0.3, 0.4) is 0 Å². The van der Waals surface area contributed by atoms with Gasteiger partial charge in [-0.1, -0.05) is 170 Å². The third-order valence-electron chi connectivity index (χ3n) is 11.7. The number of fused-ring (bicyclic) bond motifs is 7. The van der Waals surface area contributed by atoms with E-state index < -0.39 is 0 Å². The van der Waals surface area contributed by atoms with Gasteiger partial charge in [-0.15, -0.1) is 11.3 Å². The number of hydrogen-bond donors (Lipinski definition) is 0. The van der Waals surface area contributed by atoms with Crippen LogP contribution < -0.4 is 0 Å². The smallest absolute Gasteiger partial charge is 0.166 e. The molecule has 0 aliphatic carbocycles. The van der Waals surface area contributed by atoms with Gasteiger partial charge >= 0.3 is 0 Å². The topological polar surface area (TPSA) is 43.6 Å². The van der Waals surface area contributed by atoms with Gasteiger partial charge in [0.25, 0.3) is 0 Å². The zero-order valence-electron chi connectivity index (χ0n) is 32.3. The van der Waals surface area contributed by atoms with E-state index in [4.69, 9.17) is 15.0 Å². The molecular formula is C55H34N4S. The van der Waals surface area contributed by atoms with Crippen LogP contribution in [-0.2, 0) is 0 Å². The Bertz CT molecular complexity index is 3530. The molecule has 4 nitrogen and oxygen atoms in total. The van der Waals surface area contributed by atoms with Crippen LogP contribution in [0, 0.1) is 0 Å². The molecule has 0 spiro atoms. The first-order valence-electron chi connectivity index (χ1n) is 20.2. The second kappa shape index (κ2) is 14.0. The second-order valence-electron chi connectivity index (χ2n) is 15.2. The number of thiophene rings is 1. The molecule has 9 aromatic carbocycles. The lowest BCUT2D eigenvalue weighted by Gasteiger charge is -2.16. The average molecular weight is 783 g/mol. The summed E-state index contributed by atoms with van der Waals surface area (Å²) in [5.74, 6) is 1.86. The van der Waals surface area contributed by atoms with E-state index in [-0.39, 0.29) is 0 Å². The molecule has 280 valence electrons. The summed E-state index contributed by atoms with van der Waals surface area (Å²) in [5, 5.41) is 7.52. The summed E-state index contributed by atoms with van der Waals surface area (Å²) in [5.41, 5.74) is 10.7. The van der Waals surface area contributed by atoms with Crippen molar-refractivity contribution >= 4 is 64.1 Å². The van der Waals surface area contributed by atoms with Crippen molar-refractivity contribution in [2.45, 2.75) is 0 Å². The van der Waals surface area contributed by atoms with Crippen molar-refractivity contribution < 1.29 is 0 Å². The van der Waals surface area contributed by atoms with Crippen LogP contribution in [0.4, 0.5) is 0 Å². The van der Waals surface area contributed by atoms with Crippen LogP contribution in [0.5, 0.6) is 0 Å². The summed E-state index contributed by atoms with van der Waals surface area (Å²) in [6.07, 6.45) is 0. The van der Waals surface area contributed by atoms with Crippen molar-refractivity contribution in [3.8, 4) is 62.1 Å². The summed E-state index contributed by atoms with van der Waals surface area (Å²) < 4.78 is 4.96. The molecule has 5 heteroatoms. The van der Waals surface area contributed by atoms with E-state index in [1.165, 1.54) is 47.3 Å². The lowest BCUT2D eigenvalue weighted by molar-refractivity contribution is 1.06. The highest BCUT2D eigenvalue weighted by atomic mass is 32.1. The van der Waals surface area contributed by atoms with Gasteiger partial charge in [0, 0.05) is 47.6 Å². The molecule has 0 aliphatic heterocycles. The molecule has 3 aromatic heterocycles. The molecule has 0 unspecified atom stereocenters. The van der Waals surface area contributed by atoms with E-state index in [2.05, 4.69) is 193 Å². The molecule has 0 fully saturated rings. The first-order valence-corrected chi connectivity index (χ1v) is 21.0. The monoisotopic (exact) mass is 782 g/mol. The quantitative estimate of drug-likeness (QED) is 0.169. The van der Waals surface area contributed by atoms with Gasteiger partial charge in [-0.25, -0.2) is 15.0 Å². The van der Waals surface area contributed by atoms with Crippen LogP contribution in [0.25, 0.3) is 115 Å². The van der Waals surface area contributed by atoms with Gasteiger partial charge in [-0.3, -0.25) is 0 Å². The van der Waals surface area contributed by atoms with E-state index in [1.54, 1.807) is 0 Å². The molecule has 60 heavy (non-hydrogen) atoms. The van der Waals surface area contributed by atoms with Gasteiger partial charge in [0.2, 0.25) is 0 Å². The van der Waals surface area contributed by atoms with Crippen molar-refractivity contribution in [1.29, 1.82) is 0 Å². The predicted octanol–water partition coefficient (Wildman–Crippen LogP) is 14.8. The summed E-state index contributed by atoms with van der Waals surface area (Å²) in [7, 11) is 0. The fourth-order valence-corrected chi connectivity index (χ4v) is 10.0. The number of rotatable bonds is 6. The van der Waals surface area contributed by atoms with E-state index in [0.717, 1.165) is 50.1 Å². The molecule has 0 amide bonds. The highest BCUT2D eigenvalue weighted by molar-refractivity contribution is 7.26. The molecule has 0 bridgehead atoms. The van der Waals surface area contributed by atoms with E-state index in [1.807, 2.05) is 29.5 Å². The Labute approximate surface area is 350 Å². The van der Waals surface area contributed by atoms with Gasteiger partial charge in [-0.05, 0) is 69.4 Å². The number of para-hydroxylation sites is 2. The van der Waals surface area contributed by atoms with Crippen LogP contribution in [0.1, 0.15) is 0 Å². The summed E-state index contributed by atoms with van der Waals surface area (Å²) in [4.78, 5) is 15.7. The minimum absolute atomic E-state index is 0.613. The summed E-state index contributed by atoms with van der Waals surface area (Å²) in [6, 6.07) is 73.3. The maximum absolute atomic E-state index is 5.31. The highest BCUT2D eigenvalue weighted by Crippen LogP contribution is 2.42. The predicted molar refractivity (Wildman–Crippen MR) is 252 cm³/mol. The zero-order chi connectivity index (χ0) is 39.6. The average Bonchev–Trinajstić information content (AvgIpc) is 3.86. The van der Waals surface area contributed by atoms with Crippen molar-refractivity contribution in [3.05, 3.63) is 206 Å². The van der Waals surface area contributed by atoms with Crippen molar-refractivity contribution in [2.75, 3.05) is 0 Å². The van der Waals surface area contributed by atoms with Gasteiger partial charge in [0.05, 0.1) is 16.7 Å². The lowest BCUT2D eigenvalue weighted by Crippen LogP contribution is -2.04. The molecule has 0 atom stereocenters. The standard InChI is InChI=1S/C55H34N4S/c1-3-14-35(15-4-1)41-30-31-46(50(33-41)59-48-24-11-9-20-43(48)44-21-10-12-25-49(44)59)55-57-53(37-16-5-2-6-17-37)56-54(58-55)38-28-26-36(27-29-38)42-22-13-23-45-47-32-39-18-7-8-19-40(39)34-51(47)60-52(42)45/h1-34H. The fourth-order valence-electron chi connectivity index (χ4n) is 8.75. The van der Waals surface area contributed by atoms with Crippen molar-refractivity contribution in [3.63, 3.8) is 0 Å². The van der Waals surface area contributed by atoms with Crippen LogP contribution in [-0.4, -0.2) is 19.5 Å². The Balaban J connectivity index is 1.03. The molecule has 0 radical (unpaired) electrons. The molecule has 0 saturated heterocycles. The molecule has 0 N–H and O–H groups in total. The van der Waals surface area contributed by atoms with Gasteiger partial charge in [0.1, 0.15) is 0 Å². The normalized spacial score (nSPS) is 11.7. The largest absolute Gasteiger partial charge is 0.308 e. The first-order chi connectivity index (χ1) is 29.7. The third kappa shape index (κ3) is 5.70.